The number of benzene rings is 3. The molecule has 0 aromatic heterocycles. The van der Waals surface area contributed by atoms with E-state index in [0.717, 1.165) is 5.56 Å². The molecule has 32 heavy (non-hydrogen) atoms. The summed E-state index contributed by atoms with van der Waals surface area (Å²) < 4.78 is 5.90. The molecular weight excluding hydrogens is 420 g/mol. The first-order chi connectivity index (χ1) is 15.3. The maximum atomic E-state index is 13.3. The minimum atomic E-state index is -0.175. The normalized spacial score (nSPS) is 15.2. The number of carbonyl (C=O) groups excluding carboxylic acids is 1. The summed E-state index contributed by atoms with van der Waals surface area (Å²) in [5, 5.41) is 6.65. The second kappa shape index (κ2) is 9.01. The van der Waals surface area contributed by atoms with Crippen molar-refractivity contribution < 1.29 is 9.53 Å². The van der Waals surface area contributed by atoms with E-state index in [4.69, 9.17) is 16.3 Å². The maximum absolute atomic E-state index is 13.3. The average Bonchev–Trinajstić information content (AvgIpc) is 3.09. The molecule has 0 unspecified atom stereocenters. The van der Waals surface area contributed by atoms with Crippen LogP contribution in [0.1, 0.15) is 31.9 Å². The Labute approximate surface area is 193 Å². The van der Waals surface area contributed by atoms with Gasteiger partial charge < -0.3 is 4.74 Å². The lowest BCUT2D eigenvalue weighted by Crippen LogP contribution is -2.21. The van der Waals surface area contributed by atoms with E-state index in [-0.39, 0.29) is 17.9 Å². The van der Waals surface area contributed by atoms with Crippen LogP contribution < -0.4 is 9.75 Å². The highest BCUT2D eigenvalue weighted by Gasteiger charge is 2.31. The summed E-state index contributed by atoms with van der Waals surface area (Å²) in [6, 6.07) is 24.8. The van der Waals surface area contributed by atoms with Crippen LogP contribution in [0, 0.1) is 0 Å². The summed E-state index contributed by atoms with van der Waals surface area (Å²) >= 11 is 5.96. The van der Waals surface area contributed by atoms with Crippen molar-refractivity contribution in [2.45, 2.75) is 26.2 Å². The Morgan fingerprint density at radius 3 is 2.22 bits per heavy atom. The molecule has 5 heteroatoms. The Balaban J connectivity index is 1.64. The van der Waals surface area contributed by atoms with Gasteiger partial charge in [0.2, 0.25) is 0 Å². The molecule has 0 spiro atoms. The van der Waals surface area contributed by atoms with Crippen LogP contribution in [0.2, 0.25) is 5.02 Å². The smallest absolute Gasteiger partial charge is 0.280 e. The molecule has 0 saturated carbocycles. The molecule has 0 N–H and O–H groups in total. The molecule has 3 aromatic carbocycles. The molecule has 1 aliphatic rings. The molecule has 162 valence electrons. The van der Waals surface area contributed by atoms with Crippen molar-refractivity contribution >= 4 is 35.0 Å². The van der Waals surface area contributed by atoms with Crippen LogP contribution in [-0.4, -0.2) is 18.2 Å². The van der Waals surface area contributed by atoms with E-state index in [1.807, 2.05) is 48.5 Å². The van der Waals surface area contributed by atoms with E-state index in [0.29, 0.717) is 27.7 Å². The Morgan fingerprint density at radius 1 is 0.938 bits per heavy atom. The van der Waals surface area contributed by atoms with E-state index in [1.165, 1.54) is 10.6 Å². The zero-order valence-corrected chi connectivity index (χ0v) is 19.1. The zero-order chi connectivity index (χ0) is 22.7. The van der Waals surface area contributed by atoms with Crippen LogP contribution in [0.5, 0.6) is 5.75 Å². The lowest BCUT2D eigenvalue weighted by Gasteiger charge is -2.18. The predicted molar refractivity (Wildman–Crippen MR) is 131 cm³/mol. The summed E-state index contributed by atoms with van der Waals surface area (Å²) in [6.07, 6.45) is 1.88. The lowest BCUT2D eigenvalue weighted by atomic mass is 9.86. The largest absolute Gasteiger partial charge is 0.487 e. The highest BCUT2D eigenvalue weighted by atomic mass is 35.5. The molecule has 4 rings (SSSR count). The van der Waals surface area contributed by atoms with Gasteiger partial charge in [0.15, 0.2) is 0 Å². The zero-order valence-electron chi connectivity index (χ0n) is 18.4. The van der Waals surface area contributed by atoms with Crippen LogP contribution in [-0.2, 0) is 10.2 Å². The molecule has 0 fully saturated rings. The second-order valence-corrected chi connectivity index (χ2v) is 9.11. The molecule has 4 nitrogen and oxygen atoms in total. The van der Waals surface area contributed by atoms with Gasteiger partial charge in [-0.3, -0.25) is 4.79 Å². The number of hydrogen-bond donors (Lipinski definition) is 0. The van der Waals surface area contributed by atoms with E-state index in [9.17, 15) is 4.79 Å². The Bertz CT molecular complexity index is 1160. The van der Waals surface area contributed by atoms with Gasteiger partial charge in [-0.15, -0.1) is 0 Å². The van der Waals surface area contributed by atoms with Crippen molar-refractivity contribution in [3.05, 3.63) is 101 Å². The molecule has 1 amide bonds. The topological polar surface area (TPSA) is 41.9 Å². The molecule has 0 saturated heterocycles. The minimum Gasteiger partial charge on any atom is -0.487 e. The number of amides is 1. The number of anilines is 1. The molecule has 0 bridgehead atoms. The Hall–Kier alpha value is -3.37. The summed E-state index contributed by atoms with van der Waals surface area (Å²) in [4.78, 5) is 13.3. The summed E-state index contributed by atoms with van der Waals surface area (Å²) in [7, 11) is 0. The maximum Gasteiger partial charge on any atom is 0.280 e. The van der Waals surface area contributed by atoms with E-state index in [1.54, 1.807) is 24.3 Å². The number of carbonyl (C=O) groups is 1. The van der Waals surface area contributed by atoms with Crippen LogP contribution in [0.15, 0.2) is 89.5 Å². The van der Waals surface area contributed by atoms with Crippen molar-refractivity contribution in [1.29, 1.82) is 0 Å². The monoisotopic (exact) mass is 444 g/mol. The van der Waals surface area contributed by atoms with Crippen LogP contribution in [0.3, 0.4) is 0 Å². The third-order valence-electron chi connectivity index (χ3n) is 5.23. The van der Waals surface area contributed by atoms with Crippen molar-refractivity contribution in [2.24, 2.45) is 5.10 Å². The molecule has 0 aliphatic carbocycles. The Kier molecular flexibility index (Phi) is 6.15. The molecule has 1 heterocycles. The molecule has 0 radical (unpaired) electrons. The number of ether oxygens (including phenoxy) is 1. The van der Waals surface area contributed by atoms with Gasteiger partial charge in [0.25, 0.3) is 5.91 Å². The number of hydrazone groups is 1. The minimum absolute atomic E-state index is 0.0675. The van der Waals surface area contributed by atoms with Gasteiger partial charge in [0.05, 0.1) is 11.3 Å². The summed E-state index contributed by atoms with van der Waals surface area (Å²) in [5.74, 6) is 0.488. The molecular formula is C27H25ClN2O2. The van der Waals surface area contributed by atoms with Gasteiger partial charge >= 0.3 is 0 Å². The molecule has 1 aliphatic heterocycles. The first-order valence-corrected chi connectivity index (χ1v) is 10.9. The van der Waals surface area contributed by atoms with Crippen molar-refractivity contribution in [3.63, 3.8) is 0 Å². The van der Waals surface area contributed by atoms with Crippen molar-refractivity contribution in [3.8, 4) is 5.75 Å². The van der Waals surface area contributed by atoms with Gasteiger partial charge in [-0.05, 0) is 59.0 Å². The van der Waals surface area contributed by atoms with Gasteiger partial charge in [-0.2, -0.15) is 10.1 Å². The quantitative estimate of drug-likeness (QED) is 0.421. The number of halogens is 1. The second-order valence-electron chi connectivity index (χ2n) is 8.67. The van der Waals surface area contributed by atoms with E-state index < -0.39 is 0 Å². The van der Waals surface area contributed by atoms with E-state index in [2.05, 4.69) is 38.0 Å². The highest BCUT2D eigenvalue weighted by Crippen LogP contribution is 2.27. The molecule has 3 aromatic rings. The summed E-state index contributed by atoms with van der Waals surface area (Å²) in [6.45, 7) is 6.70. The highest BCUT2D eigenvalue weighted by molar-refractivity contribution is 6.33. The third kappa shape index (κ3) is 4.92. The van der Waals surface area contributed by atoms with Crippen molar-refractivity contribution in [1.82, 2.24) is 0 Å². The number of hydrogen-bond acceptors (Lipinski definition) is 3. The van der Waals surface area contributed by atoms with Crippen molar-refractivity contribution in [2.75, 3.05) is 11.6 Å². The predicted octanol–water partition coefficient (Wildman–Crippen LogP) is 6.50. The van der Waals surface area contributed by atoms with Crippen LogP contribution >= 0.6 is 11.6 Å². The SMILES string of the molecule is CC(C)(C)c1ccc(/C=C2\C(=O)N(c3ccccc3)N=C2COc2ccc(Cl)cc2)cc1. The third-order valence-corrected chi connectivity index (χ3v) is 5.48. The van der Waals surface area contributed by atoms with Gasteiger partial charge in [-0.25, -0.2) is 0 Å². The van der Waals surface area contributed by atoms with Crippen LogP contribution in [0.4, 0.5) is 5.69 Å². The number of rotatable bonds is 5. The fraction of sp³-hybridized carbons (Fsp3) is 0.185. The summed E-state index contributed by atoms with van der Waals surface area (Å²) in [5.41, 5.74) is 4.06. The first-order valence-electron chi connectivity index (χ1n) is 10.5. The fourth-order valence-electron chi connectivity index (χ4n) is 3.38. The van der Waals surface area contributed by atoms with E-state index >= 15 is 0 Å². The van der Waals surface area contributed by atoms with Crippen LogP contribution in [0.25, 0.3) is 6.08 Å². The standard InChI is InChI=1S/C27H25ClN2O2/c1-27(2,3)20-11-9-19(10-12-20)17-24-25(18-32-23-15-13-21(28)14-16-23)29-30(26(24)31)22-7-5-4-6-8-22/h4-17H,18H2,1-3H3/b24-17-. The number of nitrogens with zero attached hydrogens (tertiary/aromatic N) is 2. The first kappa shape index (κ1) is 21.8. The van der Waals surface area contributed by atoms with Gasteiger partial charge in [-0.1, -0.05) is 74.8 Å². The van der Waals surface area contributed by atoms with Gasteiger partial charge in [0.1, 0.15) is 18.1 Å². The van der Waals surface area contributed by atoms with Gasteiger partial charge in [0, 0.05) is 5.02 Å². The number of para-hydroxylation sites is 1. The average molecular weight is 445 g/mol. The lowest BCUT2D eigenvalue weighted by molar-refractivity contribution is -0.114. The molecule has 0 atom stereocenters. The fourth-order valence-corrected chi connectivity index (χ4v) is 3.51. The Morgan fingerprint density at radius 2 is 1.59 bits per heavy atom.